The van der Waals surface area contributed by atoms with E-state index in [1.165, 1.54) is 4.88 Å². The van der Waals surface area contributed by atoms with Gasteiger partial charge in [0.1, 0.15) is 0 Å². The fourth-order valence-corrected chi connectivity index (χ4v) is 3.34. The maximum absolute atomic E-state index is 10.8. The van der Waals surface area contributed by atoms with E-state index in [4.69, 9.17) is 4.74 Å². The van der Waals surface area contributed by atoms with Crippen molar-refractivity contribution >= 4 is 11.3 Å². The molecule has 1 saturated heterocycles. The predicted molar refractivity (Wildman–Crippen MR) is 66.8 cm³/mol. The first-order valence-electron chi connectivity index (χ1n) is 5.90. The molecule has 0 saturated carbocycles. The van der Waals surface area contributed by atoms with Crippen molar-refractivity contribution in [2.75, 3.05) is 6.61 Å². The van der Waals surface area contributed by atoms with Crippen LogP contribution in [0.5, 0.6) is 0 Å². The van der Waals surface area contributed by atoms with Crippen LogP contribution >= 0.6 is 11.3 Å². The molecule has 0 aromatic carbocycles. The van der Waals surface area contributed by atoms with Crippen LogP contribution in [0.3, 0.4) is 0 Å². The van der Waals surface area contributed by atoms with Crippen LogP contribution in [-0.4, -0.2) is 17.3 Å². The van der Waals surface area contributed by atoms with E-state index in [-0.39, 0.29) is 5.60 Å². The van der Waals surface area contributed by atoms with Gasteiger partial charge in [0.2, 0.25) is 0 Å². The minimum absolute atomic E-state index is 0.179. The second-order valence-electron chi connectivity index (χ2n) is 5.00. The molecule has 0 aliphatic carbocycles. The van der Waals surface area contributed by atoms with Crippen LogP contribution < -0.4 is 0 Å². The Morgan fingerprint density at radius 3 is 2.88 bits per heavy atom. The molecule has 0 bridgehead atoms. The number of aryl methyl sites for hydroxylation is 1. The van der Waals surface area contributed by atoms with E-state index in [0.29, 0.717) is 19.4 Å². The normalized spacial score (nSPS) is 35.2. The number of rotatable bonds is 2. The van der Waals surface area contributed by atoms with Crippen molar-refractivity contribution in [3.8, 4) is 0 Å². The first-order chi connectivity index (χ1) is 7.49. The minimum atomic E-state index is -0.687. The van der Waals surface area contributed by atoms with E-state index in [2.05, 4.69) is 32.2 Å². The summed E-state index contributed by atoms with van der Waals surface area (Å²) in [4.78, 5) is 1.22. The van der Waals surface area contributed by atoms with Gasteiger partial charge in [-0.05, 0) is 37.3 Å². The molecule has 1 aromatic heterocycles. The lowest BCUT2D eigenvalue weighted by Gasteiger charge is -2.43. The molecular weight excluding hydrogens is 220 g/mol. The van der Waals surface area contributed by atoms with Crippen LogP contribution in [-0.2, 0) is 10.3 Å². The second-order valence-corrected chi connectivity index (χ2v) is 6.12. The molecule has 2 rings (SSSR count). The molecule has 2 nitrogen and oxygen atoms in total. The zero-order valence-corrected chi connectivity index (χ0v) is 11.1. The first-order valence-corrected chi connectivity index (χ1v) is 6.78. The Balaban J connectivity index is 2.29. The standard InChI is InChI=1S/C13H20O2S/c1-4-12(3)9-13(14,6-7-15-12)11-5-8-16-10(11)2/h5,8,14H,4,6-7,9H2,1-3H3. The van der Waals surface area contributed by atoms with Gasteiger partial charge in [-0.2, -0.15) is 0 Å². The third-order valence-corrected chi connectivity index (χ3v) is 4.59. The number of thiophene rings is 1. The summed E-state index contributed by atoms with van der Waals surface area (Å²) in [7, 11) is 0. The molecule has 1 N–H and O–H groups in total. The van der Waals surface area contributed by atoms with Crippen LogP contribution in [0.25, 0.3) is 0 Å². The van der Waals surface area contributed by atoms with Crippen molar-refractivity contribution in [3.05, 3.63) is 21.9 Å². The minimum Gasteiger partial charge on any atom is -0.385 e. The Labute approximate surface area is 101 Å². The largest absolute Gasteiger partial charge is 0.385 e. The molecule has 0 radical (unpaired) electrons. The SMILES string of the molecule is CCC1(C)CC(O)(c2ccsc2C)CCO1. The van der Waals surface area contributed by atoms with E-state index >= 15 is 0 Å². The van der Waals surface area contributed by atoms with Crippen LogP contribution in [0.1, 0.15) is 43.6 Å². The summed E-state index contributed by atoms with van der Waals surface area (Å²) in [5.41, 5.74) is 0.231. The van der Waals surface area contributed by atoms with E-state index < -0.39 is 5.60 Å². The average Bonchev–Trinajstić information content (AvgIpc) is 2.65. The Morgan fingerprint density at radius 1 is 1.56 bits per heavy atom. The lowest BCUT2D eigenvalue weighted by Crippen LogP contribution is -2.45. The van der Waals surface area contributed by atoms with Gasteiger partial charge in [0.15, 0.2) is 0 Å². The molecule has 90 valence electrons. The second kappa shape index (κ2) is 4.13. The first kappa shape index (κ1) is 12.1. The van der Waals surface area contributed by atoms with Gasteiger partial charge in [0, 0.05) is 17.7 Å². The molecule has 16 heavy (non-hydrogen) atoms. The zero-order chi connectivity index (χ0) is 11.8. The molecule has 2 unspecified atom stereocenters. The quantitative estimate of drug-likeness (QED) is 0.860. The maximum Gasteiger partial charge on any atom is 0.0956 e. The summed E-state index contributed by atoms with van der Waals surface area (Å²) < 4.78 is 5.79. The molecule has 0 spiro atoms. The average molecular weight is 240 g/mol. The third-order valence-electron chi connectivity index (χ3n) is 3.74. The van der Waals surface area contributed by atoms with Gasteiger partial charge in [-0.25, -0.2) is 0 Å². The van der Waals surface area contributed by atoms with Crippen molar-refractivity contribution < 1.29 is 9.84 Å². The highest BCUT2D eigenvalue weighted by Gasteiger charge is 2.43. The number of aliphatic hydroxyl groups is 1. The van der Waals surface area contributed by atoms with Gasteiger partial charge >= 0.3 is 0 Å². The summed E-state index contributed by atoms with van der Waals surface area (Å²) in [6.45, 7) is 6.94. The monoisotopic (exact) mass is 240 g/mol. The van der Waals surface area contributed by atoms with Crippen molar-refractivity contribution in [3.63, 3.8) is 0 Å². The summed E-state index contributed by atoms with van der Waals surface area (Å²) >= 11 is 1.70. The van der Waals surface area contributed by atoms with Crippen LogP contribution in [0.4, 0.5) is 0 Å². The van der Waals surface area contributed by atoms with Gasteiger partial charge in [0.25, 0.3) is 0 Å². The molecule has 1 aliphatic heterocycles. The Bertz CT molecular complexity index is 374. The Morgan fingerprint density at radius 2 is 2.31 bits per heavy atom. The van der Waals surface area contributed by atoms with Crippen molar-refractivity contribution in [1.82, 2.24) is 0 Å². The molecule has 3 heteroatoms. The highest BCUT2D eigenvalue weighted by atomic mass is 32.1. The van der Waals surface area contributed by atoms with E-state index in [1.54, 1.807) is 11.3 Å². The number of hydrogen-bond donors (Lipinski definition) is 1. The fraction of sp³-hybridized carbons (Fsp3) is 0.692. The van der Waals surface area contributed by atoms with E-state index in [0.717, 1.165) is 12.0 Å². The maximum atomic E-state index is 10.8. The van der Waals surface area contributed by atoms with E-state index in [1.807, 2.05) is 0 Å². The van der Waals surface area contributed by atoms with Crippen molar-refractivity contribution in [2.45, 2.75) is 51.2 Å². The van der Waals surface area contributed by atoms with Crippen molar-refractivity contribution in [2.24, 2.45) is 0 Å². The van der Waals surface area contributed by atoms with Gasteiger partial charge in [-0.15, -0.1) is 11.3 Å². The summed E-state index contributed by atoms with van der Waals surface area (Å²) in [6, 6.07) is 2.06. The van der Waals surface area contributed by atoms with E-state index in [9.17, 15) is 5.11 Å². The summed E-state index contributed by atoms with van der Waals surface area (Å²) in [6.07, 6.45) is 2.35. The van der Waals surface area contributed by atoms with Gasteiger partial charge in [-0.1, -0.05) is 6.92 Å². The predicted octanol–water partition coefficient (Wildman–Crippen LogP) is 3.22. The van der Waals surface area contributed by atoms with Gasteiger partial charge in [0.05, 0.1) is 17.8 Å². The lowest BCUT2D eigenvalue weighted by molar-refractivity contribution is -0.157. The Hall–Kier alpha value is -0.380. The highest BCUT2D eigenvalue weighted by Crippen LogP contribution is 2.42. The number of hydrogen-bond acceptors (Lipinski definition) is 3. The number of ether oxygens (including phenoxy) is 1. The topological polar surface area (TPSA) is 29.5 Å². The fourth-order valence-electron chi connectivity index (χ4n) is 2.55. The van der Waals surface area contributed by atoms with Crippen molar-refractivity contribution in [1.29, 1.82) is 0 Å². The molecule has 1 fully saturated rings. The molecule has 2 heterocycles. The Kier molecular flexibility index (Phi) is 3.12. The van der Waals surface area contributed by atoms with Crippen LogP contribution in [0, 0.1) is 6.92 Å². The molecule has 0 amide bonds. The zero-order valence-electron chi connectivity index (χ0n) is 10.2. The molecule has 1 aliphatic rings. The molecular formula is C13H20O2S. The van der Waals surface area contributed by atoms with Crippen LogP contribution in [0.2, 0.25) is 0 Å². The van der Waals surface area contributed by atoms with Crippen LogP contribution in [0.15, 0.2) is 11.4 Å². The van der Waals surface area contributed by atoms with Gasteiger partial charge in [-0.3, -0.25) is 0 Å². The smallest absolute Gasteiger partial charge is 0.0956 e. The summed E-state index contributed by atoms with van der Waals surface area (Å²) in [5, 5.41) is 12.9. The molecule has 2 atom stereocenters. The van der Waals surface area contributed by atoms with Gasteiger partial charge < -0.3 is 9.84 Å². The lowest BCUT2D eigenvalue weighted by atomic mass is 9.78. The highest BCUT2D eigenvalue weighted by molar-refractivity contribution is 7.10. The molecule has 1 aromatic rings. The summed E-state index contributed by atoms with van der Waals surface area (Å²) in [5.74, 6) is 0. The third kappa shape index (κ3) is 2.04.